The van der Waals surface area contributed by atoms with E-state index in [1.807, 2.05) is 0 Å². The maximum Gasteiger partial charge on any atom is 0.305 e. The molecule has 0 fully saturated rings. The van der Waals surface area contributed by atoms with Crippen molar-refractivity contribution < 1.29 is 9.53 Å². The predicted molar refractivity (Wildman–Crippen MR) is 69.8 cm³/mol. The molecule has 2 rings (SSSR count). The number of hydrogen-bond donors (Lipinski definition) is 0. The molecule has 0 aliphatic rings. The molecule has 0 bridgehead atoms. The smallest absolute Gasteiger partial charge is 0.305 e. The van der Waals surface area contributed by atoms with E-state index in [9.17, 15) is 4.79 Å². The standard InChI is InChI=1S/C11H12ClN3O2S/c1-2-17-8(16)5-3-4-7-15-9-10(12)13-6-14-11(9)18-7/h6H,2-5H2,1H3. The highest BCUT2D eigenvalue weighted by Crippen LogP contribution is 2.25. The number of thiazole rings is 1. The molecule has 0 saturated carbocycles. The molecule has 0 saturated heterocycles. The van der Waals surface area contributed by atoms with E-state index in [0.29, 0.717) is 30.1 Å². The molecule has 0 N–H and O–H groups in total. The first-order chi connectivity index (χ1) is 8.70. The largest absolute Gasteiger partial charge is 0.466 e. The van der Waals surface area contributed by atoms with E-state index < -0.39 is 0 Å². The summed E-state index contributed by atoms with van der Waals surface area (Å²) in [6, 6.07) is 0. The van der Waals surface area contributed by atoms with Crippen LogP contribution in [0.3, 0.4) is 0 Å². The van der Waals surface area contributed by atoms with Crippen molar-refractivity contribution in [3.8, 4) is 0 Å². The molecule has 0 aliphatic carbocycles. The predicted octanol–water partition coefficient (Wildman–Crippen LogP) is 2.63. The average molecular weight is 286 g/mol. The van der Waals surface area contributed by atoms with Crippen LogP contribution in [0.5, 0.6) is 0 Å². The second kappa shape index (κ2) is 6.06. The molecular weight excluding hydrogens is 274 g/mol. The summed E-state index contributed by atoms with van der Waals surface area (Å²) >= 11 is 7.39. The van der Waals surface area contributed by atoms with E-state index in [1.54, 1.807) is 6.92 Å². The average Bonchev–Trinajstić information content (AvgIpc) is 2.74. The lowest BCUT2D eigenvalue weighted by Crippen LogP contribution is -2.03. The Morgan fingerprint density at radius 3 is 3.06 bits per heavy atom. The summed E-state index contributed by atoms with van der Waals surface area (Å²) in [5, 5.41) is 1.28. The fraction of sp³-hybridized carbons (Fsp3) is 0.455. The maximum atomic E-state index is 11.2. The van der Waals surface area contributed by atoms with E-state index in [4.69, 9.17) is 16.3 Å². The maximum absolute atomic E-state index is 11.2. The van der Waals surface area contributed by atoms with Crippen molar-refractivity contribution in [1.29, 1.82) is 0 Å². The molecule has 5 nitrogen and oxygen atoms in total. The second-order valence-electron chi connectivity index (χ2n) is 3.58. The van der Waals surface area contributed by atoms with Crippen molar-refractivity contribution in [3.05, 3.63) is 16.5 Å². The Bertz CT molecular complexity index is 558. The first kappa shape index (κ1) is 13.2. The third kappa shape index (κ3) is 3.14. The Labute approximate surface area is 113 Å². The van der Waals surface area contributed by atoms with Crippen molar-refractivity contribution in [2.45, 2.75) is 26.2 Å². The summed E-state index contributed by atoms with van der Waals surface area (Å²) in [5.74, 6) is -0.170. The molecule has 7 heteroatoms. The van der Waals surface area contributed by atoms with Crippen LogP contribution < -0.4 is 0 Å². The molecule has 0 aromatic carbocycles. The molecule has 0 radical (unpaired) electrons. The van der Waals surface area contributed by atoms with Gasteiger partial charge in [-0.1, -0.05) is 22.9 Å². The summed E-state index contributed by atoms with van der Waals surface area (Å²) < 4.78 is 4.86. The number of hydrogen-bond acceptors (Lipinski definition) is 6. The van der Waals surface area contributed by atoms with Crippen molar-refractivity contribution in [2.24, 2.45) is 0 Å². The van der Waals surface area contributed by atoms with Crippen LogP contribution in [-0.2, 0) is 16.0 Å². The van der Waals surface area contributed by atoms with E-state index in [1.165, 1.54) is 17.7 Å². The fourth-order valence-electron chi connectivity index (χ4n) is 1.49. The summed E-state index contributed by atoms with van der Waals surface area (Å²) in [7, 11) is 0. The summed E-state index contributed by atoms with van der Waals surface area (Å²) in [4.78, 5) is 24.3. The highest BCUT2D eigenvalue weighted by atomic mass is 35.5. The third-order valence-electron chi connectivity index (χ3n) is 2.27. The lowest BCUT2D eigenvalue weighted by molar-refractivity contribution is -0.143. The molecular formula is C11H12ClN3O2S. The van der Waals surface area contributed by atoms with Gasteiger partial charge >= 0.3 is 5.97 Å². The van der Waals surface area contributed by atoms with Gasteiger partial charge < -0.3 is 4.74 Å². The topological polar surface area (TPSA) is 65.0 Å². The molecule has 2 aromatic rings. The first-order valence-electron chi connectivity index (χ1n) is 5.62. The Morgan fingerprint density at radius 1 is 1.50 bits per heavy atom. The van der Waals surface area contributed by atoms with Gasteiger partial charge in [-0.15, -0.1) is 0 Å². The minimum Gasteiger partial charge on any atom is -0.466 e. The summed E-state index contributed by atoms with van der Waals surface area (Å²) in [6.07, 6.45) is 3.26. The van der Waals surface area contributed by atoms with Gasteiger partial charge in [0.1, 0.15) is 16.7 Å². The molecule has 0 aliphatic heterocycles. The van der Waals surface area contributed by atoms with Crippen LogP contribution in [0.25, 0.3) is 10.3 Å². The molecule has 0 spiro atoms. The molecule has 0 atom stereocenters. The van der Waals surface area contributed by atoms with Gasteiger partial charge in [0.15, 0.2) is 5.15 Å². The molecule has 0 unspecified atom stereocenters. The van der Waals surface area contributed by atoms with Gasteiger partial charge in [0.2, 0.25) is 0 Å². The highest BCUT2D eigenvalue weighted by molar-refractivity contribution is 7.18. The van der Waals surface area contributed by atoms with Gasteiger partial charge in [0, 0.05) is 6.42 Å². The highest BCUT2D eigenvalue weighted by Gasteiger charge is 2.09. The number of halogens is 1. The quantitative estimate of drug-likeness (QED) is 0.624. The van der Waals surface area contributed by atoms with Crippen molar-refractivity contribution in [2.75, 3.05) is 6.61 Å². The lowest BCUT2D eigenvalue weighted by Gasteiger charge is -1.99. The SMILES string of the molecule is CCOC(=O)CCCc1nc2c(Cl)ncnc2s1. The van der Waals surface area contributed by atoms with Crippen LogP contribution in [0.2, 0.25) is 5.15 Å². The second-order valence-corrected chi connectivity index (χ2v) is 5.00. The number of fused-ring (bicyclic) bond motifs is 1. The lowest BCUT2D eigenvalue weighted by atomic mass is 10.2. The number of aryl methyl sites for hydroxylation is 1. The van der Waals surface area contributed by atoms with Gasteiger partial charge in [-0.3, -0.25) is 4.79 Å². The molecule has 0 amide bonds. The minimum absolute atomic E-state index is 0.170. The van der Waals surface area contributed by atoms with Gasteiger partial charge in [-0.05, 0) is 19.8 Å². The molecule has 96 valence electrons. The Hall–Kier alpha value is -1.27. The Balaban J connectivity index is 1.96. The Morgan fingerprint density at radius 2 is 2.33 bits per heavy atom. The van der Waals surface area contributed by atoms with Gasteiger partial charge in [0.05, 0.1) is 11.6 Å². The van der Waals surface area contributed by atoms with E-state index in [-0.39, 0.29) is 5.97 Å². The van der Waals surface area contributed by atoms with Crippen LogP contribution in [0.4, 0.5) is 0 Å². The normalized spacial score (nSPS) is 10.8. The van der Waals surface area contributed by atoms with Gasteiger partial charge in [-0.2, -0.15) is 0 Å². The number of ether oxygens (including phenoxy) is 1. The number of rotatable bonds is 5. The zero-order chi connectivity index (χ0) is 13.0. The fourth-order valence-corrected chi connectivity index (χ4v) is 2.67. The van der Waals surface area contributed by atoms with Crippen LogP contribution in [0.15, 0.2) is 6.33 Å². The Kier molecular flexibility index (Phi) is 4.43. The molecule has 2 heterocycles. The van der Waals surface area contributed by atoms with Gasteiger partial charge in [-0.25, -0.2) is 15.0 Å². The van der Waals surface area contributed by atoms with Crippen LogP contribution in [0.1, 0.15) is 24.8 Å². The number of carbonyl (C=O) groups excluding carboxylic acids is 1. The van der Waals surface area contributed by atoms with Gasteiger partial charge in [0.25, 0.3) is 0 Å². The summed E-state index contributed by atoms with van der Waals surface area (Å²) in [6.45, 7) is 2.22. The number of carbonyl (C=O) groups is 1. The molecule has 2 aromatic heterocycles. The van der Waals surface area contributed by atoms with Crippen molar-refractivity contribution in [1.82, 2.24) is 15.0 Å². The van der Waals surface area contributed by atoms with Crippen molar-refractivity contribution in [3.63, 3.8) is 0 Å². The van der Waals surface area contributed by atoms with Crippen LogP contribution >= 0.6 is 22.9 Å². The van der Waals surface area contributed by atoms with E-state index >= 15 is 0 Å². The van der Waals surface area contributed by atoms with Crippen LogP contribution in [0, 0.1) is 0 Å². The molecule has 18 heavy (non-hydrogen) atoms. The number of nitrogens with zero attached hydrogens (tertiary/aromatic N) is 3. The van der Waals surface area contributed by atoms with Crippen LogP contribution in [-0.4, -0.2) is 27.5 Å². The zero-order valence-electron chi connectivity index (χ0n) is 9.85. The first-order valence-corrected chi connectivity index (χ1v) is 6.81. The third-order valence-corrected chi connectivity index (χ3v) is 3.57. The number of esters is 1. The minimum atomic E-state index is -0.170. The zero-order valence-corrected chi connectivity index (χ0v) is 11.4. The van der Waals surface area contributed by atoms with Crippen molar-refractivity contribution >= 4 is 39.3 Å². The number of aromatic nitrogens is 3. The van der Waals surface area contributed by atoms with E-state index in [2.05, 4.69) is 15.0 Å². The van der Waals surface area contributed by atoms with E-state index in [0.717, 1.165) is 16.3 Å². The monoisotopic (exact) mass is 285 g/mol. The summed E-state index contributed by atoms with van der Waals surface area (Å²) in [5.41, 5.74) is 0.635.